The zero-order valence-corrected chi connectivity index (χ0v) is 13.8. The van der Waals surface area contributed by atoms with Crippen molar-refractivity contribution in [3.63, 3.8) is 0 Å². The van der Waals surface area contributed by atoms with Crippen LogP contribution in [0.15, 0.2) is 9.85 Å². The van der Waals surface area contributed by atoms with Gasteiger partial charge in [0, 0.05) is 12.6 Å². The standard InChI is InChI=1S/C11H17N3O3S3/c1-3-14(9-4-5-20(16,17)6-9)10(15)8(2)19-11-13-12-7-18-11/h7-9H,3-6H2,1-2H3/t8-,9+/m1/s1. The summed E-state index contributed by atoms with van der Waals surface area (Å²) in [5.74, 6) is 0.233. The van der Waals surface area contributed by atoms with E-state index in [1.165, 1.54) is 23.1 Å². The maximum absolute atomic E-state index is 12.5. The van der Waals surface area contributed by atoms with Gasteiger partial charge in [-0.1, -0.05) is 23.1 Å². The second kappa shape index (κ2) is 6.40. The summed E-state index contributed by atoms with van der Waals surface area (Å²) in [6, 6.07) is -0.185. The second-order valence-electron chi connectivity index (χ2n) is 4.65. The van der Waals surface area contributed by atoms with Gasteiger partial charge in [0.1, 0.15) is 5.51 Å². The first-order valence-corrected chi connectivity index (χ1v) is 9.94. The summed E-state index contributed by atoms with van der Waals surface area (Å²) >= 11 is 2.76. The van der Waals surface area contributed by atoms with Crippen LogP contribution in [0.25, 0.3) is 0 Å². The van der Waals surface area contributed by atoms with Gasteiger partial charge in [-0.2, -0.15) is 0 Å². The van der Waals surface area contributed by atoms with Crippen LogP contribution in [0.1, 0.15) is 20.3 Å². The molecule has 0 spiro atoms. The highest BCUT2D eigenvalue weighted by Gasteiger charge is 2.35. The lowest BCUT2D eigenvalue weighted by atomic mass is 10.2. The van der Waals surface area contributed by atoms with Crippen LogP contribution in [-0.4, -0.2) is 58.8 Å². The van der Waals surface area contributed by atoms with Gasteiger partial charge in [-0.25, -0.2) is 8.42 Å². The third kappa shape index (κ3) is 3.70. The number of hydrogen-bond donors (Lipinski definition) is 0. The Morgan fingerprint density at radius 1 is 1.65 bits per heavy atom. The Bertz CT molecular complexity index is 559. The monoisotopic (exact) mass is 335 g/mol. The largest absolute Gasteiger partial charge is 0.338 e. The highest BCUT2D eigenvalue weighted by Crippen LogP contribution is 2.27. The van der Waals surface area contributed by atoms with Gasteiger partial charge in [-0.3, -0.25) is 4.79 Å². The molecule has 2 atom stereocenters. The van der Waals surface area contributed by atoms with E-state index in [1.54, 1.807) is 10.4 Å². The molecular formula is C11H17N3O3S3. The zero-order valence-electron chi connectivity index (χ0n) is 11.4. The second-order valence-corrected chi connectivity index (χ2v) is 9.30. The Morgan fingerprint density at radius 3 is 2.90 bits per heavy atom. The number of sulfone groups is 1. The molecule has 0 bridgehead atoms. The van der Waals surface area contributed by atoms with Gasteiger partial charge in [0.2, 0.25) is 5.91 Å². The van der Waals surface area contributed by atoms with Gasteiger partial charge >= 0.3 is 0 Å². The first-order valence-electron chi connectivity index (χ1n) is 6.36. The third-order valence-electron chi connectivity index (χ3n) is 3.24. The number of hydrogen-bond acceptors (Lipinski definition) is 7. The molecule has 2 rings (SSSR count). The smallest absolute Gasteiger partial charge is 0.236 e. The van der Waals surface area contributed by atoms with E-state index in [9.17, 15) is 13.2 Å². The maximum atomic E-state index is 12.5. The maximum Gasteiger partial charge on any atom is 0.236 e. The van der Waals surface area contributed by atoms with Crippen LogP contribution in [0.5, 0.6) is 0 Å². The van der Waals surface area contributed by atoms with Crippen LogP contribution in [0.2, 0.25) is 0 Å². The average molecular weight is 335 g/mol. The van der Waals surface area contributed by atoms with E-state index < -0.39 is 9.84 Å². The van der Waals surface area contributed by atoms with Gasteiger partial charge in [-0.15, -0.1) is 10.2 Å². The van der Waals surface area contributed by atoms with Crippen LogP contribution >= 0.6 is 23.1 Å². The Labute approximate surface area is 126 Å². The quantitative estimate of drug-likeness (QED) is 0.748. The van der Waals surface area contributed by atoms with Crippen molar-refractivity contribution in [1.82, 2.24) is 15.1 Å². The molecule has 112 valence electrons. The van der Waals surface area contributed by atoms with E-state index in [1.807, 2.05) is 13.8 Å². The lowest BCUT2D eigenvalue weighted by Crippen LogP contribution is -2.44. The molecule has 0 radical (unpaired) electrons. The van der Waals surface area contributed by atoms with Crippen LogP contribution < -0.4 is 0 Å². The van der Waals surface area contributed by atoms with Crippen LogP contribution in [0.4, 0.5) is 0 Å². The minimum absolute atomic E-state index is 0.0326. The summed E-state index contributed by atoms with van der Waals surface area (Å²) in [5.41, 5.74) is 1.63. The summed E-state index contributed by atoms with van der Waals surface area (Å²) in [7, 11) is -2.98. The van der Waals surface area contributed by atoms with Crippen LogP contribution in [0.3, 0.4) is 0 Å². The van der Waals surface area contributed by atoms with E-state index in [0.29, 0.717) is 13.0 Å². The summed E-state index contributed by atoms with van der Waals surface area (Å²) < 4.78 is 23.9. The Balaban J connectivity index is 2.02. The third-order valence-corrected chi connectivity index (χ3v) is 6.89. The van der Waals surface area contributed by atoms with Crippen molar-refractivity contribution in [2.75, 3.05) is 18.1 Å². The van der Waals surface area contributed by atoms with Gasteiger partial charge in [-0.05, 0) is 20.3 Å². The lowest BCUT2D eigenvalue weighted by Gasteiger charge is -2.29. The van der Waals surface area contributed by atoms with Gasteiger partial charge < -0.3 is 4.90 Å². The van der Waals surface area contributed by atoms with Crippen molar-refractivity contribution < 1.29 is 13.2 Å². The Hall–Kier alpha value is -0.670. The van der Waals surface area contributed by atoms with Gasteiger partial charge in [0.25, 0.3) is 0 Å². The Kier molecular flexibility index (Phi) is 5.03. The first-order chi connectivity index (χ1) is 9.43. The average Bonchev–Trinajstić information content (AvgIpc) is 3.00. The number of thioether (sulfide) groups is 1. The zero-order chi connectivity index (χ0) is 14.8. The Morgan fingerprint density at radius 2 is 2.40 bits per heavy atom. The number of amides is 1. The van der Waals surface area contributed by atoms with Crippen molar-refractivity contribution in [2.24, 2.45) is 0 Å². The SMILES string of the molecule is CCN(C(=O)[C@@H](C)Sc1nncs1)[C@H]1CCS(=O)(=O)C1. The molecule has 0 saturated carbocycles. The lowest BCUT2D eigenvalue weighted by molar-refractivity contribution is -0.131. The molecule has 0 unspecified atom stereocenters. The first kappa shape index (κ1) is 15.7. The predicted molar refractivity (Wildman–Crippen MR) is 79.7 cm³/mol. The number of aromatic nitrogens is 2. The topological polar surface area (TPSA) is 80.2 Å². The van der Waals surface area contributed by atoms with E-state index in [-0.39, 0.29) is 28.7 Å². The number of carbonyl (C=O) groups excluding carboxylic acids is 1. The number of nitrogens with zero attached hydrogens (tertiary/aromatic N) is 3. The fraction of sp³-hybridized carbons (Fsp3) is 0.727. The molecule has 2 heterocycles. The molecule has 1 aromatic heterocycles. The number of rotatable bonds is 5. The molecule has 1 fully saturated rings. The molecule has 1 aromatic rings. The molecule has 0 aliphatic carbocycles. The van der Waals surface area contributed by atoms with E-state index in [2.05, 4.69) is 10.2 Å². The molecule has 20 heavy (non-hydrogen) atoms. The van der Waals surface area contributed by atoms with Gasteiger partial charge in [0.05, 0.1) is 16.8 Å². The summed E-state index contributed by atoms with van der Waals surface area (Å²) in [4.78, 5) is 14.1. The van der Waals surface area contributed by atoms with Crippen molar-refractivity contribution in [3.05, 3.63) is 5.51 Å². The fourth-order valence-corrected chi connectivity index (χ4v) is 5.69. The minimum Gasteiger partial charge on any atom is -0.338 e. The van der Waals surface area contributed by atoms with E-state index in [0.717, 1.165) is 4.34 Å². The molecule has 9 heteroatoms. The summed E-state index contributed by atoms with van der Waals surface area (Å²) in [6.45, 7) is 4.23. The van der Waals surface area contributed by atoms with Crippen molar-refractivity contribution in [1.29, 1.82) is 0 Å². The summed E-state index contributed by atoms with van der Waals surface area (Å²) in [6.07, 6.45) is 0.540. The van der Waals surface area contributed by atoms with Crippen LogP contribution in [-0.2, 0) is 14.6 Å². The molecule has 1 amide bonds. The summed E-state index contributed by atoms with van der Waals surface area (Å²) in [5, 5.41) is 7.36. The predicted octanol–water partition coefficient (Wildman–Crippen LogP) is 1.05. The highest BCUT2D eigenvalue weighted by molar-refractivity contribution is 8.02. The minimum atomic E-state index is -2.98. The molecule has 0 N–H and O–H groups in total. The van der Waals surface area contributed by atoms with Crippen molar-refractivity contribution in [2.45, 2.75) is 35.9 Å². The van der Waals surface area contributed by atoms with Crippen molar-refractivity contribution >= 4 is 38.8 Å². The molecule has 1 aliphatic heterocycles. The normalized spacial score (nSPS) is 22.6. The van der Waals surface area contributed by atoms with Crippen LogP contribution in [0, 0.1) is 0 Å². The fourth-order valence-electron chi connectivity index (χ4n) is 2.26. The van der Waals surface area contributed by atoms with Gasteiger partial charge in [0.15, 0.2) is 14.2 Å². The van der Waals surface area contributed by atoms with E-state index in [4.69, 9.17) is 0 Å². The van der Waals surface area contributed by atoms with E-state index >= 15 is 0 Å². The highest BCUT2D eigenvalue weighted by atomic mass is 32.2. The molecule has 1 saturated heterocycles. The molecular weight excluding hydrogens is 318 g/mol. The number of carbonyl (C=O) groups is 1. The molecule has 6 nitrogen and oxygen atoms in total. The van der Waals surface area contributed by atoms with Crippen molar-refractivity contribution in [3.8, 4) is 0 Å². The molecule has 1 aliphatic rings. The molecule has 0 aromatic carbocycles.